The molecule has 1 saturated carbocycles. The summed E-state index contributed by atoms with van der Waals surface area (Å²) in [7, 11) is 0. The first-order valence-corrected chi connectivity index (χ1v) is 6.55. The lowest BCUT2D eigenvalue weighted by molar-refractivity contribution is -0.147. The van der Waals surface area contributed by atoms with E-state index >= 15 is 0 Å². The van der Waals surface area contributed by atoms with Crippen LogP contribution in [0, 0.1) is 17.8 Å². The van der Waals surface area contributed by atoms with E-state index in [4.69, 9.17) is 0 Å². The maximum absolute atomic E-state index is 11.5. The maximum Gasteiger partial charge on any atom is 0.307 e. The molecule has 4 nitrogen and oxygen atoms in total. The van der Waals surface area contributed by atoms with E-state index in [1.165, 1.54) is 6.42 Å². The number of aliphatic carboxylic acids is 1. The lowest BCUT2D eigenvalue weighted by Gasteiger charge is -2.33. The fraction of sp³-hybridized carbons (Fsp3) is 0.846. The van der Waals surface area contributed by atoms with E-state index in [2.05, 4.69) is 12.2 Å². The van der Waals surface area contributed by atoms with Gasteiger partial charge in [0.25, 0.3) is 0 Å². The van der Waals surface area contributed by atoms with Crippen LogP contribution in [0.3, 0.4) is 0 Å². The second-order valence-electron chi connectivity index (χ2n) is 5.03. The summed E-state index contributed by atoms with van der Waals surface area (Å²) in [4.78, 5) is 22.8. The second-order valence-corrected chi connectivity index (χ2v) is 5.03. The molecule has 0 heterocycles. The monoisotopic (exact) mass is 241 g/mol. The zero-order chi connectivity index (χ0) is 12.8. The molecule has 2 N–H and O–H groups in total. The van der Waals surface area contributed by atoms with Gasteiger partial charge in [-0.15, -0.1) is 0 Å². The van der Waals surface area contributed by atoms with Crippen LogP contribution in [0.25, 0.3) is 0 Å². The van der Waals surface area contributed by atoms with Gasteiger partial charge in [-0.2, -0.15) is 0 Å². The third-order valence-corrected chi connectivity index (χ3v) is 3.79. The molecular formula is C13H23NO3. The molecule has 17 heavy (non-hydrogen) atoms. The van der Waals surface area contributed by atoms with Gasteiger partial charge >= 0.3 is 5.97 Å². The molecule has 1 fully saturated rings. The largest absolute Gasteiger partial charge is 0.481 e. The highest BCUT2D eigenvalue weighted by Crippen LogP contribution is 2.36. The predicted octanol–water partition coefficient (Wildman–Crippen LogP) is 2.04. The molecule has 1 rings (SSSR count). The van der Waals surface area contributed by atoms with Crippen LogP contribution in [0.1, 0.15) is 46.0 Å². The number of hydrogen-bond acceptors (Lipinski definition) is 2. The molecular weight excluding hydrogens is 218 g/mol. The van der Waals surface area contributed by atoms with Crippen LogP contribution in [-0.2, 0) is 9.59 Å². The number of carboxylic acid groups (broad SMARTS) is 1. The molecule has 3 unspecified atom stereocenters. The minimum Gasteiger partial charge on any atom is -0.481 e. The van der Waals surface area contributed by atoms with Crippen molar-refractivity contribution in [3.63, 3.8) is 0 Å². The molecule has 1 aliphatic rings. The fourth-order valence-electron chi connectivity index (χ4n) is 2.83. The Hall–Kier alpha value is -1.06. The molecule has 0 aromatic heterocycles. The van der Waals surface area contributed by atoms with Gasteiger partial charge in [0, 0.05) is 13.0 Å². The second kappa shape index (κ2) is 6.62. The average molecular weight is 241 g/mol. The van der Waals surface area contributed by atoms with Crippen molar-refractivity contribution in [3.05, 3.63) is 0 Å². The summed E-state index contributed by atoms with van der Waals surface area (Å²) < 4.78 is 0. The van der Waals surface area contributed by atoms with Crippen LogP contribution >= 0.6 is 0 Å². The number of amides is 1. The van der Waals surface area contributed by atoms with Crippen LogP contribution in [0.5, 0.6) is 0 Å². The Balaban J connectivity index is 2.64. The number of carbonyl (C=O) groups is 2. The van der Waals surface area contributed by atoms with Crippen molar-refractivity contribution in [1.29, 1.82) is 0 Å². The van der Waals surface area contributed by atoms with Gasteiger partial charge in [0.2, 0.25) is 5.91 Å². The number of carbonyl (C=O) groups excluding carboxylic acids is 1. The molecule has 0 bridgehead atoms. The van der Waals surface area contributed by atoms with Crippen molar-refractivity contribution >= 4 is 11.9 Å². The Morgan fingerprint density at radius 1 is 1.35 bits per heavy atom. The summed E-state index contributed by atoms with van der Waals surface area (Å²) in [5.74, 6) is -0.910. The molecule has 3 atom stereocenters. The molecule has 0 aliphatic heterocycles. The lowest BCUT2D eigenvalue weighted by Crippen LogP contribution is -2.35. The smallest absolute Gasteiger partial charge is 0.307 e. The van der Waals surface area contributed by atoms with Crippen molar-refractivity contribution in [2.24, 2.45) is 17.8 Å². The van der Waals surface area contributed by atoms with Gasteiger partial charge in [0.1, 0.15) is 0 Å². The summed E-state index contributed by atoms with van der Waals surface area (Å²) in [6.07, 6.45) is 4.43. The summed E-state index contributed by atoms with van der Waals surface area (Å²) in [6.45, 7) is 4.51. The first-order valence-electron chi connectivity index (χ1n) is 6.55. The van der Waals surface area contributed by atoms with Crippen molar-refractivity contribution in [2.75, 3.05) is 6.54 Å². The molecule has 98 valence electrons. The minimum atomic E-state index is -0.824. The third-order valence-electron chi connectivity index (χ3n) is 3.79. The third kappa shape index (κ3) is 4.02. The van der Waals surface area contributed by atoms with E-state index in [1.54, 1.807) is 0 Å². The van der Waals surface area contributed by atoms with Gasteiger partial charge in [-0.05, 0) is 25.2 Å². The molecule has 4 heteroatoms. The van der Waals surface area contributed by atoms with E-state index in [0.29, 0.717) is 12.5 Å². The minimum absolute atomic E-state index is 0.123. The quantitative estimate of drug-likeness (QED) is 0.774. The number of rotatable bonds is 5. The van der Waals surface area contributed by atoms with Crippen molar-refractivity contribution in [3.8, 4) is 0 Å². The van der Waals surface area contributed by atoms with E-state index in [-0.39, 0.29) is 18.2 Å². The van der Waals surface area contributed by atoms with Gasteiger partial charge in [0.15, 0.2) is 0 Å². The first-order chi connectivity index (χ1) is 8.06. The Morgan fingerprint density at radius 2 is 2.00 bits per heavy atom. The Kier molecular flexibility index (Phi) is 5.45. The average Bonchev–Trinajstić information content (AvgIpc) is 2.27. The zero-order valence-electron chi connectivity index (χ0n) is 10.7. The number of carboxylic acids is 1. The summed E-state index contributed by atoms with van der Waals surface area (Å²) in [5.41, 5.74) is 0. The summed E-state index contributed by atoms with van der Waals surface area (Å²) in [5, 5.41) is 12.0. The normalized spacial score (nSPS) is 26.2. The highest BCUT2D eigenvalue weighted by molar-refractivity contribution is 5.82. The van der Waals surface area contributed by atoms with Gasteiger partial charge in [0.05, 0.1) is 5.92 Å². The molecule has 0 saturated heterocycles. The van der Waals surface area contributed by atoms with Crippen molar-refractivity contribution in [1.82, 2.24) is 5.32 Å². The topological polar surface area (TPSA) is 66.4 Å². The van der Waals surface area contributed by atoms with Gasteiger partial charge in [-0.25, -0.2) is 0 Å². The van der Waals surface area contributed by atoms with Crippen molar-refractivity contribution in [2.45, 2.75) is 46.0 Å². The Morgan fingerprint density at radius 3 is 2.53 bits per heavy atom. The van der Waals surface area contributed by atoms with Crippen LogP contribution in [0.2, 0.25) is 0 Å². The van der Waals surface area contributed by atoms with Crippen LogP contribution in [0.4, 0.5) is 0 Å². The number of nitrogens with one attached hydrogen (secondary N) is 1. The first kappa shape index (κ1) is 14.0. The Labute approximate surface area is 103 Å². The van der Waals surface area contributed by atoms with E-state index in [1.807, 2.05) is 6.92 Å². The molecule has 0 spiro atoms. The Bertz CT molecular complexity index is 278. The van der Waals surface area contributed by atoms with E-state index in [9.17, 15) is 14.7 Å². The summed E-state index contributed by atoms with van der Waals surface area (Å²) in [6, 6.07) is 0. The molecule has 1 amide bonds. The summed E-state index contributed by atoms with van der Waals surface area (Å²) >= 11 is 0. The molecule has 0 aromatic carbocycles. The lowest BCUT2D eigenvalue weighted by atomic mass is 9.72. The zero-order valence-corrected chi connectivity index (χ0v) is 10.7. The van der Waals surface area contributed by atoms with E-state index in [0.717, 1.165) is 19.3 Å². The number of hydrogen-bond donors (Lipinski definition) is 2. The standard InChI is InChI=1S/C13H23NO3/c1-3-14-12(15)8-11(13(16)17)10-7-5-4-6-9(10)2/h9-11H,3-8H2,1-2H3,(H,14,15)(H,16,17). The van der Waals surface area contributed by atoms with Gasteiger partial charge in [-0.1, -0.05) is 26.2 Å². The van der Waals surface area contributed by atoms with Crippen LogP contribution < -0.4 is 5.32 Å². The molecule has 0 radical (unpaired) electrons. The maximum atomic E-state index is 11.5. The van der Waals surface area contributed by atoms with Crippen molar-refractivity contribution < 1.29 is 14.7 Å². The van der Waals surface area contributed by atoms with Gasteiger partial charge < -0.3 is 10.4 Å². The highest BCUT2D eigenvalue weighted by atomic mass is 16.4. The van der Waals surface area contributed by atoms with Gasteiger partial charge in [-0.3, -0.25) is 9.59 Å². The molecule has 1 aliphatic carbocycles. The van der Waals surface area contributed by atoms with Crippen LogP contribution in [0.15, 0.2) is 0 Å². The van der Waals surface area contributed by atoms with E-state index < -0.39 is 11.9 Å². The van der Waals surface area contributed by atoms with Crippen LogP contribution in [-0.4, -0.2) is 23.5 Å². The SMILES string of the molecule is CCNC(=O)CC(C(=O)O)C1CCCCC1C. The highest BCUT2D eigenvalue weighted by Gasteiger charge is 2.34. The molecule has 0 aromatic rings. The predicted molar refractivity (Wildman–Crippen MR) is 65.5 cm³/mol. The fourth-order valence-corrected chi connectivity index (χ4v) is 2.83.